The van der Waals surface area contributed by atoms with E-state index in [4.69, 9.17) is 0 Å². The Bertz CT molecular complexity index is 1650. The molecule has 156 valence electrons. The lowest BCUT2D eigenvalue weighted by molar-refractivity contribution is 0.473. The molecule has 0 radical (unpaired) electrons. The summed E-state index contributed by atoms with van der Waals surface area (Å²) in [4.78, 5) is 0. The van der Waals surface area contributed by atoms with Crippen molar-refractivity contribution >= 4 is 32.3 Å². The van der Waals surface area contributed by atoms with Gasteiger partial charge in [0, 0.05) is 0 Å². The summed E-state index contributed by atoms with van der Waals surface area (Å²) in [6.45, 7) is 0. The van der Waals surface area contributed by atoms with Crippen molar-refractivity contribution in [2.75, 3.05) is 0 Å². The molecular formula is C32H22O. The highest BCUT2D eigenvalue weighted by Crippen LogP contribution is 2.54. The number of hydrogen-bond donors (Lipinski definition) is 1. The molecule has 0 amide bonds. The van der Waals surface area contributed by atoms with Crippen molar-refractivity contribution in [2.45, 2.75) is 11.8 Å². The van der Waals surface area contributed by atoms with Crippen LogP contribution in [0.2, 0.25) is 0 Å². The zero-order chi connectivity index (χ0) is 22.0. The summed E-state index contributed by atoms with van der Waals surface area (Å²) >= 11 is 0. The minimum atomic E-state index is -0.333. The fourth-order valence-electron chi connectivity index (χ4n) is 6.04. The number of phenols is 1. The lowest BCUT2D eigenvalue weighted by atomic mass is 9.68. The van der Waals surface area contributed by atoms with Crippen molar-refractivity contribution in [1.82, 2.24) is 0 Å². The highest BCUT2D eigenvalue weighted by molar-refractivity contribution is 6.15. The summed E-state index contributed by atoms with van der Waals surface area (Å²) in [7, 11) is 0. The molecule has 0 saturated carbocycles. The summed E-state index contributed by atoms with van der Waals surface area (Å²) in [5.41, 5.74) is 4.79. The summed E-state index contributed by atoms with van der Waals surface area (Å²) in [6.07, 6.45) is 0.784. The van der Waals surface area contributed by atoms with Crippen LogP contribution in [0.4, 0.5) is 0 Å². The fraction of sp³-hybridized carbons (Fsp3) is 0.0625. The van der Waals surface area contributed by atoms with E-state index < -0.39 is 0 Å². The van der Waals surface area contributed by atoms with Gasteiger partial charge in [-0.25, -0.2) is 0 Å². The molecule has 1 aliphatic carbocycles. The van der Waals surface area contributed by atoms with Gasteiger partial charge in [-0.15, -0.1) is 0 Å². The maximum absolute atomic E-state index is 10.3. The zero-order valence-corrected chi connectivity index (χ0v) is 18.1. The Hall–Kier alpha value is -4.10. The van der Waals surface area contributed by atoms with E-state index in [1.165, 1.54) is 49.0 Å². The predicted octanol–water partition coefficient (Wildman–Crippen LogP) is 7.74. The standard InChI is InChI=1S/C32H22O/c33-27-11-3-6-21(18-27)20-32(26-17-16-22-7-1-2-8-25(22)19-26)28-12-4-9-23-14-15-24-10-5-13-29(32)31(24)30(23)28/h1-19,33H,20H2. The minimum Gasteiger partial charge on any atom is -0.508 e. The van der Waals surface area contributed by atoms with Gasteiger partial charge >= 0.3 is 0 Å². The van der Waals surface area contributed by atoms with Crippen molar-refractivity contribution in [1.29, 1.82) is 0 Å². The maximum atomic E-state index is 10.3. The minimum absolute atomic E-state index is 0.313. The van der Waals surface area contributed by atoms with Crippen LogP contribution in [0.1, 0.15) is 22.3 Å². The Morgan fingerprint density at radius 2 is 1.12 bits per heavy atom. The quantitative estimate of drug-likeness (QED) is 0.289. The summed E-state index contributed by atoms with van der Waals surface area (Å²) in [6, 6.07) is 41.1. The van der Waals surface area contributed by atoms with E-state index in [0.717, 1.165) is 12.0 Å². The number of rotatable bonds is 3. The monoisotopic (exact) mass is 422 g/mol. The van der Waals surface area contributed by atoms with Crippen LogP contribution in [0, 0.1) is 0 Å². The van der Waals surface area contributed by atoms with Crippen LogP contribution in [0.15, 0.2) is 115 Å². The highest BCUT2D eigenvalue weighted by atomic mass is 16.3. The molecule has 0 fully saturated rings. The van der Waals surface area contributed by atoms with Crippen LogP contribution in [0.25, 0.3) is 32.3 Å². The van der Waals surface area contributed by atoms with E-state index >= 15 is 0 Å². The van der Waals surface area contributed by atoms with E-state index in [9.17, 15) is 5.11 Å². The molecule has 33 heavy (non-hydrogen) atoms. The topological polar surface area (TPSA) is 20.2 Å². The molecule has 0 aliphatic heterocycles. The molecule has 7 rings (SSSR count). The first-order chi connectivity index (χ1) is 16.2. The SMILES string of the molecule is Oc1cccc(CC2(c3ccc4ccccc4c3)c3cccc4ccc5cccc2c5c34)c1. The molecule has 1 N–H and O–H groups in total. The van der Waals surface area contributed by atoms with E-state index in [-0.39, 0.29) is 5.41 Å². The van der Waals surface area contributed by atoms with E-state index in [1.54, 1.807) is 6.07 Å². The zero-order valence-electron chi connectivity index (χ0n) is 18.1. The van der Waals surface area contributed by atoms with Crippen LogP contribution < -0.4 is 0 Å². The average molecular weight is 423 g/mol. The largest absolute Gasteiger partial charge is 0.508 e. The third-order valence-electron chi connectivity index (χ3n) is 7.43. The highest BCUT2D eigenvalue weighted by Gasteiger charge is 2.43. The Labute approximate surface area is 192 Å². The Morgan fingerprint density at radius 1 is 0.515 bits per heavy atom. The Morgan fingerprint density at radius 3 is 1.82 bits per heavy atom. The average Bonchev–Trinajstić information content (AvgIpc) is 3.14. The van der Waals surface area contributed by atoms with E-state index in [1.807, 2.05) is 12.1 Å². The molecule has 0 spiro atoms. The fourth-order valence-corrected chi connectivity index (χ4v) is 6.04. The lowest BCUT2D eigenvalue weighted by Crippen LogP contribution is -2.30. The van der Waals surface area contributed by atoms with Crippen molar-refractivity contribution in [3.63, 3.8) is 0 Å². The molecule has 1 heteroatoms. The first kappa shape index (κ1) is 18.5. The second kappa shape index (κ2) is 6.70. The molecular weight excluding hydrogens is 400 g/mol. The number of benzene rings is 6. The summed E-state index contributed by atoms with van der Waals surface area (Å²) in [5, 5.41) is 18.0. The van der Waals surface area contributed by atoms with Crippen molar-refractivity contribution in [3.05, 3.63) is 138 Å². The molecule has 6 aromatic carbocycles. The van der Waals surface area contributed by atoms with Gasteiger partial charge in [0.1, 0.15) is 5.75 Å². The number of fused-ring (bicyclic) bond motifs is 1. The number of phenolic OH excluding ortho intramolecular Hbond substituents is 1. The molecule has 0 unspecified atom stereocenters. The molecule has 0 heterocycles. The number of hydrogen-bond acceptors (Lipinski definition) is 1. The molecule has 1 nitrogen and oxygen atoms in total. The molecule has 0 atom stereocenters. The molecule has 1 aliphatic rings. The van der Waals surface area contributed by atoms with Crippen LogP contribution in [0.3, 0.4) is 0 Å². The van der Waals surface area contributed by atoms with Gasteiger partial charge in [0.25, 0.3) is 0 Å². The van der Waals surface area contributed by atoms with Gasteiger partial charge < -0.3 is 5.11 Å². The van der Waals surface area contributed by atoms with Gasteiger partial charge in [0.2, 0.25) is 0 Å². The van der Waals surface area contributed by atoms with Gasteiger partial charge in [-0.3, -0.25) is 0 Å². The van der Waals surface area contributed by atoms with Crippen LogP contribution in [-0.2, 0) is 11.8 Å². The third-order valence-corrected chi connectivity index (χ3v) is 7.43. The van der Waals surface area contributed by atoms with Gasteiger partial charge in [-0.05, 0) is 79.2 Å². The summed E-state index contributed by atoms with van der Waals surface area (Å²) in [5.74, 6) is 0.313. The first-order valence-electron chi connectivity index (χ1n) is 11.5. The smallest absolute Gasteiger partial charge is 0.115 e. The normalized spacial score (nSPS) is 13.9. The van der Waals surface area contributed by atoms with Crippen molar-refractivity contribution in [2.24, 2.45) is 0 Å². The lowest BCUT2D eigenvalue weighted by Gasteiger charge is -2.34. The first-order valence-corrected chi connectivity index (χ1v) is 11.5. The van der Waals surface area contributed by atoms with Crippen molar-refractivity contribution < 1.29 is 5.11 Å². The molecule has 0 aromatic heterocycles. The molecule has 0 saturated heterocycles. The van der Waals surface area contributed by atoms with Gasteiger partial charge in [0.05, 0.1) is 5.41 Å². The van der Waals surface area contributed by atoms with E-state index in [0.29, 0.717) is 5.75 Å². The van der Waals surface area contributed by atoms with Crippen molar-refractivity contribution in [3.8, 4) is 5.75 Å². The van der Waals surface area contributed by atoms with Gasteiger partial charge in [0.15, 0.2) is 0 Å². The van der Waals surface area contributed by atoms with Crippen LogP contribution >= 0.6 is 0 Å². The van der Waals surface area contributed by atoms with E-state index in [2.05, 4.69) is 97.1 Å². The Kier molecular flexibility index (Phi) is 3.75. The Balaban J connectivity index is 1.62. The second-order valence-corrected chi connectivity index (χ2v) is 9.19. The van der Waals surface area contributed by atoms with Crippen LogP contribution in [0.5, 0.6) is 5.75 Å². The second-order valence-electron chi connectivity index (χ2n) is 9.19. The van der Waals surface area contributed by atoms with Crippen LogP contribution in [-0.4, -0.2) is 5.11 Å². The van der Waals surface area contributed by atoms with Gasteiger partial charge in [-0.1, -0.05) is 97.1 Å². The predicted molar refractivity (Wildman–Crippen MR) is 137 cm³/mol. The third kappa shape index (κ3) is 2.54. The molecule has 0 bridgehead atoms. The number of aromatic hydroxyl groups is 1. The molecule has 6 aromatic rings. The maximum Gasteiger partial charge on any atom is 0.115 e. The van der Waals surface area contributed by atoms with Gasteiger partial charge in [-0.2, -0.15) is 0 Å². The summed E-state index contributed by atoms with van der Waals surface area (Å²) < 4.78 is 0.